The average Bonchev–Trinajstić information content (AvgIpc) is 2.70. The second-order valence-corrected chi connectivity index (χ2v) is 8.56. The number of guanidine groups is 1. The van der Waals surface area contributed by atoms with Crippen LogP contribution >= 0.6 is 35.7 Å². The van der Waals surface area contributed by atoms with Crippen LogP contribution in [-0.2, 0) is 10.2 Å². The van der Waals surface area contributed by atoms with E-state index < -0.39 is 0 Å². The maximum absolute atomic E-state index is 13.4. The first kappa shape index (κ1) is 22.7. The Bertz CT molecular complexity index is 608. The van der Waals surface area contributed by atoms with Crippen molar-refractivity contribution in [2.24, 2.45) is 4.99 Å². The molecule has 1 N–H and O–H groups in total. The summed E-state index contributed by atoms with van der Waals surface area (Å²) in [6.45, 7) is 6.63. The Morgan fingerprint density at radius 3 is 2.67 bits per heavy atom. The molecule has 0 amide bonds. The van der Waals surface area contributed by atoms with Crippen LogP contribution in [0, 0.1) is 5.82 Å². The molecule has 0 spiro atoms. The Morgan fingerprint density at radius 2 is 2.04 bits per heavy atom. The van der Waals surface area contributed by atoms with Crippen LogP contribution in [0.5, 0.6) is 0 Å². The first-order valence-corrected chi connectivity index (χ1v) is 10.6. The summed E-state index contributed by atoms with van der Waals surface area (Å²) in [5, 5.41) is 4.30. The van der Waals surface area contributed by atoms with Crippen LogP contribution in [0.3, 0.4) is 0 Å². The van der Waals surface area contributed by atoms with E-state index in [9.17, 15) is 4.39 Å². The van der Waals surface area contributed by atoms with Gasteiger partial charge in [0.2, 0.25) is 0 Å². The second-order valence-electron chi connectivity index (χ2n) is 7.15. The summed E-state index contributed by atoms with van der Waals surface area (Å²) in [7, 11) is 1.86. The lowest BCUT2D eigenvalue weighted by atomic mass is 9.74. The number of aliphatic imine (C=N–C) groups is 1. The Kier molecular flexibility index (Phi) is 9.14. The molecule has 27 heavy (non-hydrogen) atoms. The van der Waals surface area contributed by atoms with E-state index in [0.717, 1.165) is 57.4 Å². The standard InChI is InChI=1S/C20H30FN3OS.HI/c1-3-18-14-24(10-13-26-18)19(22-2)23-15-20(8-11-25-12-9-20)16-4-6-17(21)7-5-16;/h4-7,18H,3,8-15H2,1-2H3,(H,22,23);1H. The number of nitrogens with zero attached hydrogens (tertiary/aromatic N) is 2. The van der Waals surface area contributed by atoms with Crippen LogP contribution in [0.4, 0.5) is 4.39 Å². The highest BCUT2D eigenvalue weighted by atomic mass is 127. The van der Waals surface area contributed by atoms with E-state index in [-0.39, 0.29) is 35.2 Å². The normalized spacial score (nSPS) is 22.9. The van der Waals surface area contributed by atoms with Gasteiger partial charge in [-0.05, 0) is 37.0 Å². The zero-order valence-corrected chi connectivity index (χ0v) is 19.4. The number of hydrogen-bond donors (Lipinski definition) is 1. The number of halogens is 2. The van der Waals surface area contributed by atoms with Crippen molar-refractivity contribution in [3.8, 4) is 0 Å². The maximum atomic E-state index is 13.4. The summed E-state index contributed by atoms with van der Waals surface area (Å²) in [5.74, 6) is 1.95. The molecule has 152 valence electrons. The number of rotatable bonds is 4. The highest BCUT2D eigenvalue weighted by molar-refractivity contribution is 14.0. The highest BCUT2D eigenvalue weighted by Crippen LogP contribution is 2.34. The molecule has 0 saturated carbocycles. The maximum Gasteiger partial charge on any atom is 0.193 e. The van der Waals surface area contributed by atoms with Crippen molar-refractivity contribution in [1.29, 1.82) is 0 Å². The zero-order chi connectivity index (χ0) is 18.4. The lowest BCUT2D eigenvalue weighted by molar-refractivity contribution is 0.0511. The Morgan fingerprint density at radius 1 is 1.33 bits per heavy atom. The van der Waals surface area contributed by atoms with E-state index in [1.54, 1.807) is 12.1 Å². The lowest BCUT2D eigenvalue weighted by Gasteiger charge is -2.40. The Hall–Kier alpha value is -0.540. The van der Waals surface area contributed by atoms with Crippen LogP contribution in [-0.4, -0.2) is 61.8 Å². The minimum atomic E-state index is -0.184. The number of hydrogen-bond acceptors (Lipinski definition) is 3. The molecule has 2 fully saturated rings. The molecule has 1 unspecified atom stereocenters. The molecule has 2 heterocycles. The SMILES string of the molecule is CCC1CN(C(=NC)NCC2(c3ccc(F)cc3)CCOCC2)CCS1.I. The molecular weight excluding hydrogens is 476 g/mol. The van der Waals surface area contributed by atoms with Crippen LogP contribution < -0.4 is 5.32 Å². The molecule has 0 aromatic heterocycles. The van der Waals surface area contributed by atoms with E-state index in [2.05, 4.69) is 33.9 Å². The average molecular weight is 507 g/mol. The molecular formula is C20H31FIN3OS. The van der Waals surface area contributed by atoms with Gasteiger partial charge < -0.3 is 15.0 Å². The second kappa shape index (κ2) is 10.9. The minimum Gasteiger partial charge on any atom is -0.381 e. The number of ether oxygens (including phenoxy) is 1. The summed E-state index contributed by atoms with van der Waals surface area (Å²) in [5.41, 5.74) is 1.15. The van der Waals surface area contributed by atoms with E-state index in [1.165, 1.54) is 12.0 Å². The topological polar surface area (TPSA) is 36.9 Å². The van der Waals surface area contributed by atoms with Gasteiger partial charge in [-0.25, -0.2) is 4.39 Å². The van der Waals surface area contributed by atoms with E-state index in [4.69, 9.17) is 4.74 Å². The monoisotopic (exact) mass is 507 g/mol. The van der Waals surface area contributed by atoms with Crippen molar-refractivity contribution in [1.82, 2.24) is 10.2 Å². The molecule has 0 radical (unpaired) electrons. The molecule has 2 saturated heterocycles. The van der Waals surface area contributed by atoms with Gasteiger partial charge in [0.05, 0.1) is 0 Å². The third kappa shape index (κ3) is 5.73. The summed E-state index contributed by atoms with van der Waals surface area (Å²) in [4.78, 5) is 6.91. The molecule has 1 atom stereocenters. The molecule has 0 bridgehead atoms. The first-order chi connectivity index (χ1) is 12.7. The lowest BCUT2D eigenvalue weighted by Crippen LogP contribution is -2.52. The van der Waals surface area contributed by atoms with Gasteiger partial charge in [-0.15, -0.1) is 24.0 Å². The van der Waals surface area contributed by atoms with Gasteiger partial charge in [0.15, 0.2) is 5.96 Å². The molecule has 1 aromatic carbocycles. The molecule has 2 aliphatic heterocycles. The van der Waals surface area contributed by atoms with Crippen molar-refractivity contribution in [3.05, 3.63) is 35.6 Å². The van der Waals surface area contributed by atoms with Crippen molar-refractivity contribution < 1.29 is 9.13 Å². The smallest absolute Gasteiger partial charge is 0.193 e. The fourth-order valence-electron chi connectivity index (χ4n) is 3.87. The molecule has 3 rings (SSSR count). The van der Waals surface area contributed by atoms with Crippen LogP contribution in [0.25, 0.3) is 0 Å². The number of benzene rings is 1. The van der Waals surface area contributed by atoms with Gasteiger partial charge in [0.25, 0.3) is 0 Å². The molecule has 1 aromatic rings. The third-order valence-corrected chi connectivity index (χ3v) is 6.97. The zero-order valence-electron chi connectivity index (χ0n) is 16.2. The molecule has 2 aliphatic rings. The largest absolute Gasteiger partial charge is 0.381 e. The van der Waals surface area contributed by atoms with Crippen molar-refractivity contribution in [2.45, 2.75) is 36.9 Å². The number of thioether (sulfide) groups is 1. The summed E-state index contributed by atoms with van der Waals surface area (Å²) in [6.07, 6.45) is 3.07. The van der Waals surface area contributed by atoms with Gasteiger partial charge in [-0.1, -0.05) is 19.1 Å². The third-order valence-electron chi connectivity index (χ3n) is 5.60. The van der Waals surface area contributed by atoms with Crippen molar-refractivity contribution >= 4 is 41.7 Å². The van der Waals surface area contributed by atoms with Crippen LogP contribution in [0.15, 0.2) is 29.3 Å². The Labute approximate surface area is 183 Å². The first-order valence-electron chi connectivity index (χ1n) is 9.58. The summed E-state index contributed by atoms with van der Waals surface area (Å²) in [6, 6.07) is 6.98. The fourth-order valence-corrected chi connectivity index (χ4v) is 5.05. The fraction of sp³-hybridized carbons (Fsp3) is 0.650. The Balaban J connectivity index is 0.00000261. The van der Waals surface area contributed by atoms with Crippen molar-refractivity contribution in [2.75, 3.05) is 45.6 Å². The van der Waals surface area contributed by atoms with Gasteiger partial charge in [0.1, 0.15) is 5.82 Å². The van der Waals surface area contributed by atoms with Gasteiger partial charge in [0, 0.05) is 56.3 Å². The predicted octanol–water partition coefficient (Wildman–Crippen LogP) is 3.89. The van der Waals surface area contributed by atoms with Crippen molar-refractivity contribution in [3.63, 3.8) is 0 Å². The minimum absolute atomic E-state index is 0. The van der Waals surface area contributed by atoms with Crippen LogP contribution in [0.1, 0.15) is 31.7 Å². The molecule has 7 heteroatoms. The van der Waals surface area contributed by atoms with E-state index in [0.29, 0.717) is 5.25 Å². The molecule has 4 nitrogen and oxygen atoms in total. The van der Waals surface area contributed by atoms with Gasteiger partial charge in [-0.3, -0.25) is 4.99 Å². The summed E-state index contributed by atoms with van der Waals surface area (Å²) < 4.78 is 19.0. The quantitative estimate of drug-likeness (QED) is 0.381. The van der Waals surface area contributed by atoms with Gasteiger partial charge >= 0.3 is 0 Å². The van der Waals surface area contributed by atoms with E-state index >= 15 is 0 Å². The van der Waals surface area contributed by atoms with E-state index in [1.807, 2.05) is 19.2 Å². The predicted molar refractivity (Wildman–Crippen MR) is 123 cm³/mol. The number of nitrogens with one attached hydrogen (secondary N) is 1. The molecule has 0 aliphatic carbocycles. The van der Waals surface area contributed by atoms with Crippen LogP contribution in [0.2, 0.25) is 0 Å². The van der Waals surface area contributed by atoms with Gasteiger partial charge in [-0.2, -0.15) is 11.8 Å². The summed E-state index contributed by atoms with van der Waals surface area (Å²) >= 11 is 2.06. The highest BCUT2D eigenvalue weighted by Gasteiger charge is 2.35.